The highest BCUT2D eigenvalue weighted by Gasteiger charge is 2.09. The number of thiophene rings is 2. The fraction of sp³-hybridized carbons (Fsp3) is 0.214. The molecule has 0 unspecified atom stereocenters. The van der Waals surface area contributed by atoms with E-state index in [9.17, 15) is 4.79 Å². The van der Waals surface area contributed by atoms with Crippen LogP contribution in [0.2, 0.25) is 0 Å². The monoisotopic (exact) mass is 290 g/mol. The normalized spacial score (nSPS) is 9.79. The second-order valence-corrected chi connectivity index (χ2v) is 5.83. The highest BCUT2D eigenvalue weighted by molar-refractivity contribution is 7.12. The lowest BCUT2D eigenvalue weighted by atomic mass is 10.2. The van der Waals surface area contributed by atoms with E-state index in [-0.39, 0.29) is 5.91 Å². The van der Waals surface area contributed by atoms with E-state index in [4.69, 9.17) is 5.73 Å². The number of rotatable bonds is 3. The van der Waals surface area contributed by atoms with Crippen LogP contribution in [0.5, 0.6) is 0 Å². The topological polar surface area (TPSA) is 55.1 Å². The van der Waals surface area contributed by atoms with Crippen LogP contribution in [0.4, 0.5) is 0 Å². The summed E-state index contributed by atoms with van der Waals surface area (Å²) in [5.74, 6) is 5.77. The number of aryl methyl sites for hydroxylation is 1. The maximum absolute atomic E-state index is 11.9. The van der Waals surface area contributed by atoms with Gasteiger partial charge in [-0.2, -0.15) is 11.3 Å². The lowest BCUT2D eigenvalue weighted by Crippen LogP contribution is -2.22. The Morgan fingerprint density at radius 2 is 2.26 bits per heavy atom. The second kappa shape index (κ2) is 6.53. The molecule has 0 aromatic carbocycles. The molecule has 0 radical (unpaired) electrons. The fourth-order valence-electron chi connectivity index (χ4n) is 1.53. The van der Waals surface area contributed by atoms with Crippen molar-refractivity contribution < 1.29 is 4.79 Å². The molecule has 19 heavy (non-hydrogen) atoms. The molecule has 3 nitrogen and oxygen atoms in total. The molecule has 2 aromatic heterocycles. The van der Waals surface area contributed by atoms with Crippen LogP contribution in [0.25, 0.3) is 0 Å². The number of carbonyl (C=O) groups is 1. The minimum absolute atomic E-state index is 0.0262. The summed E-state index contributed by atoms with van der Waals surface area (Å²) in [4.78, 5) is 14.0. The first-order valence-electron chi connectivity index (χ1n) is 5.79. The van der Waals surface area contributed by atoms with E-state index in [0.717, 1.165) is 20.9 Å². The highest BCUT2D eigenvalue weighted by Crippen LogP contribution is 2.16. The van der Waals surface area contributed by atoms with Crippen molar-refractivity contribution in [2.24, 2.45) is 5.73 Å². The van der Waals surface area contributed by atoms with Crippen molar-refractivity contribution in [1.82, 2.24) is 5.32 Å². The third-order valence-electron chi connectivity index (χ3n) is 2.50. The molecule has 0 saturated heterocycles. The molecule has 2 aromatic rings. The number of carbonyl (C=O) groups excluding carboxylic acids is 1. The second-order valence-electron chi connectivity index (χ2n) is 3.92. The van der Waals surface area contributed by atoms with Gasteiger partial charge in [0.2, 0.25) is 0 Å². The van der Waals surface area contributed by atoms with Crippen LogP contribution < -0.4 is 11.1 Å². The van der Waals surface area contributed by atoms with Gasteiger partial charge in [-0.15, -0.1) is 11.3 Å². The van der Waals surface area contributed by atoms with Crippen molar-refractivity contribution in [2.75, 3.05) is 6.54 Å². The van der Waals surface area contributed by atoms with Crippen molar-refractivity contribution in [3.8, 4) is 11.8 Å². The van der Waals surface area contributed by atoms with Crippen LogP contribution in [0, 0.1) is 18.8 Å². The number of hydrogen-bond acceptors (Lipinski definition) is 4. The van der Waals surface area contributed by atoms with Crippen molar-refractivity contribution >= 4 is 28.6 Å². The molecule has 0 saturated carbocycles. The first-order chi connectivity index (χ1) is 9.20. The molecule has 0 atom stereocenters. The van der Waals surface area contributed by atoms with Gasteiger partial charge in [0, 0.05) is 10.3 Å². The summed E-state index contributed by atoms with van der Waals surface area (Å²) in [5.41, 5.74) is 7.10. The zero-order valence-corrected chi connectivity index (χ0v) is 12.2. The van der Waals surface area contributed by atoms with Gasteiger partial charge in [-0.25, -0.2) is 0 Å². The Hall–Kier alpha value is -1.61. The zero-order chi connectivity index (χ0) is 13.7. The molecule has 0 spiro atoms. The Labute approximate surface area is 120 Å². The molecule has 0 bridgehead atoms. The molecule has 1 amide bonds. The third-order valence-corrected chi connectivity index (χ3v) is 4.36. The highest BCUT2D eigenvalue weighted by atomic mass is 32.1. The van der Waals surface area contributed by atoms with Crippen molar-refractivity contribution in [2.45, 2.75) is 13.5 Å². The summed E-state index contributed by atoms with van der Waals surface area (Å²) in [7, 11) is 0. The van der Waals surface area contributed by atoms with Gasteiger partial charge in [0.05, 0.1) is 23.5 Å². The van der Waals surface area contributed by atoms with Gasteiger partial charge < -0.3 is 11.1 Å². The van der Waals surface area contributed by atoms with Crippen molar-refractivity contribution in [3.63, 3.8) is 0 Å². The number of amides is 1. The van der Waals surface area contributed by atoms with E-state index in [2.05, 4.69) is 17.2 Å². The molecule has 0 aliphatic rings. The predicted octanol–water partition coefficient (Wildman–Crippen LogP) is 2.36. The van der Waals surface area contributed by atoms with Crippen LogP contribution in [-0.2, 0) is 6.54 Å². The van der Waals surface area contributed by atoms with Crippen LogP contribution in [0.1, 0.15) is 25.7 Å². The molecule has 2 heterocycles. The molecule has 3 N–H and O–H groups in total. The van der Waals surface area contributed by atoms with Gasteiger partial charge in [0.15, 0.2) is 0 Å². The van der Waals surface area contributed by atoms with Crippen molar-refractivity contribution in [1.29, 1.82) is 0 Å². The molecular formula is C14H14N2OS2. The van der Waals surface area contributed by atoms with Crippen molar-refractivity contribution in [3.05, 3.63) is 43.8 Å². The third kappa shape index (κ3) is 3.67. The molecular weight excluding hydrogens is 276 g/mol. The van der Waals surface area contributed by atoms with Gasteiger partial charge in [0.25, 0.3) is 5.91 Å². The number of hydrogen-bond donors (Lipinski definition) is 2. The van der Waals surface area contributed by atoms with E-state index in [1.165, 1.54) is 0 Å². The van der Waals surface area contributed by atoms with E-state index < -0.39 is 0 Å². The van der Waals surface area contributed by atoms with E-state index in [1.807, 2.05) is 29.8 Å². The fourth-order valence-corrected chi connectivity index (χ4v) is 3.18. The van der Waals surface area contributed by atoms with Crippen LogP contribution in [-0.4, -0.2) is 12.5 Å². The molecule has 5 heteroatoms. The smallest absolute Gasteiger partial charge is 0.252 e. The number of nitrogens with one attached hydrogen (secondary N) is 1. The maximum atomic E-state index is 11.9. The van der Waals surface area contributed by atoms with Gasteiger partial charge in [0.1, 0.15) is 0 Å². The van der Waals surface area contributed by atoms with Gasteiger partial charge in [-0.3, -0.25) is 4.79 Å². The van der Waals surface area contributed by atoms with E-state index in [1.54, 1.807) is 22.7 Å². The van der Waals surface area contributed by atoms with Crippen LogP contribution in [0.15, 0.2) is 22.9 Å². The Kier molecular flexibility index (Phi) is 4.74. The summed E-state index contributed by atoms with van der Waals surface area (Å²) in [6, 6.07) is 3.93. The Bertz CT molecular complexity index is 631. The predicted molar refractivity (Wildman–Crippen MR) is 80.5 cm³/mol. The molecule has 98 valence electrons. The van der Waals surface area contributed by atoms with Gasteiger partial charge in [-0.1, -0.05) is 11.8 Å². The number of nitrogens with two attached hydrogens (primary N) is 1. The lowest BCUT2D eigenvalue weighted by molar-refractivity contribution is 0.0951. The summed E-state index contributed by atoms with van der Waals surface area (Å²) in [6.45, 7) is 2.83. The summed E-state index contributed by atoms with van der Waals surface area (Å²) < 4.78 is 0. The standard InChI is InChI=1S/C14H14N2OS2/c1-10-8-18-9-13(10)14(17)16-7-12-5-4-11(19-12)3-2-6-15/h4-5,8-9H,6-7,15H2,1H3,(H,16,17). The van der Waals surface area contributed by atoms with Crippen LogP contribution in [0.3, 0.4) is 0 Å². The van der Waals surface area contributed by atoms with E-state index in [0.29, 0.717) is 13.1 Å². The van der Waals surface area contributed by atoms with Crippen LogP contribution >= 0.6 is 22.7 Å². The quantitative estimate of drug-likeness (QED) is 0.853. The Morgan fingerprint density at radius 3 is 2.95 bits per heavy atom. The maximum Gasteiger partial charge on any atom is 0.252 e. The van der Waals surface area contributed by atoms with E-state index >= 15 is 0 Å². The Balaban J connectivity index is 1.94. The first-order valence-corrected chi connectivity index (χ1v) is 7.55. The van der Waals surface area contributed by atoms with Gasteiger partial charge >= 0.3 is 0 Å². The zero-order valence-electron chi connectivity index (χ0n) is 10.5. The minimum atomic E-state index is -0.0262. The average molecular weight is 290 g/mol. The minimum Gasteiger partial charge on any atom is -0.347 e. The summed E-state index contributed by atoms with van der Waals surface area (Å²) in [6.07, 6.45) is 0. The molecule has 0 fully saturated rings. The molecule has 2 rings (SSSR count). The Morgan fingerprint density at radius 1 is 1.42 bits per heavy atom. The average Bonchev–Trinajstić information content (AvgIpc) is 3.02. The summed E-state index contributed by atoms with van der Waals surface area (Å²) >= 11 is 3.12. The molecule has 0 aliphatic heterocycles. The first kappa shape index (κ1) is 13.8. The largest absolute Gasteiger partial charge is 0.347 e. The molecule has 0 aliphatic carbocycles. The lowest BCUT2D eigenvalue weighted by Gasteiger charge is -2.02. The summed E-state index contributed by atoms with van der Waals surface area (Å²) in [5, 5.41) is 6.76. The van der Waals surface area contributed by atoms with Gasteiger partial charge in [-0.05, 0) is 30.0 Å². The SMILES string of the molecule is Cc1cscc1C(=O)NCc1ccc(C#CCN)s1.